The highest BCUT2D eigenvalue weighted by Gasteiger charge is 2.08. The predicted molar refractivity (Wildman–Crippen MR) is 78.1 cm³/mol. The summed E-state index contributed by atoms with van der Waals surface area (Å²) in [5, 5.41) is 3.26. The van der Waals surface area contributed by atoms with Crippen molar-refractivity contribution in [2.75, 3.05) is 26.8 Å². The molecule has 102 valence electrons. The van der Waals surface area contributed by atoms with Gasteiger partial charge in [-0.2, -0.15) is 0 Å². The van der Waals surface area contributed by atoms with E-state index < -0.39 is 0 Å². The van der Waals surface area contributed by atoms with Gasteiger partial charge in [-0.05, 0) is 6.07 Å². The van der Waals surface area contributed by atoms with Crippen molar-refractivity contribution >= 4 is 15.9 Å². The molecule has 0 aliphatic rings. The van der Waals surface area contributed by atoms with E-state index in [1.54, 1.807) is 13.3 Å². The van der Waals surface area contributed by atoms with Gasteiger partial charge >= 0.3 is 0 Å². The topological polar surface area (TPSA) is 47.3 Å². The van der Waals surface area contributed by atoms with Crippen molar-refractivity contribution in [2.24, 2.45) is 0 Å². The first-order valence-corrected chi connectivity index (χ1v) is 7.00. The lowest BCUT2D eigenvalue weighted by Crippen LogP contribution is -2.21. The summed E-state index contributed by atoms with van der Waals surface area (Å²) in [6, 6.07) is 7.95. The summed E-state index contributed by atoms with van der Waals surface area (Å²) in [6.07, 6.45) is 2.54. The lowest BCUT2D eigenvalue weighted by Gasteiger charge is -2.01. The molecule has 0 aliphatic heterocycles. The maximum atomic E-state index is 5.74. The average Bonchev–Trinajstić information content (AvgIpc) is 2.88. The summed E-state index contributed by atoms with van der Waals surface area (Å²) in [4.78, 5) is 4.29. The Balaban J connectivity index is 1.91. The van der Waals surface area contributed by atoms with Gasteiger partial charge in [0, 0.05) is 36.7 Å². The molecule has 0 bridgehead atoms. The fourth-order valence-corrected chi connectivity index (χ4v) is 2.19. The highest BCUT2D eigenvalue weighted by Crippen LogP contribution is 2.28. The van der Waals surface area contributed by atoms with Gasteiger partial charge in [0.25, 0.3) is 0 Å². The molecule has 0 atom stereocenters. The van der Waals surface area contributed by atoms with E-state index in [9.17, 15) is 0 Å². The molecule has 0 radical (unpaired) electrons. The molecule has 0 aliphatic carbocycles. The molecule has 2 rings (SSSR count). The second kappa shape index (κ2) is 7.43. The van der Waals surface area contributed by atoms with Gasteiger partial charge in [0.05, 0.1) is 12.8 Å². The molecule has 5 heteroatoms. The van der Waals surface area contributed by atoms with Crippen LogP contribution in [-0.2, 0) is 11.2 Å². The van der Waals surface area contributed by atoms with Crippen molar-refractivity contribution in [1.29, 1.82) is 0 Å². The molecule has 0 amide bonds. The molecule has 1 N–H and O–H groups in total. The molecule has 0 saturated carbocycles. The number of aromatic nitrogens is 1. The number of nitrogens with one attached hydrogen (secondary N) is 1. The van der Waals surface area contributed by atoms with Crippen LogP contribution in [0.5, 0.6) is 0 Å². The fraction of sp³-hybridized carbons (Fsp3) is 0.357. The highest BCUT2D eigenvalue weighted by molar-refractivity contribution is 9.10. The van der Waals surface area contributed by atoms with Crippen LogP contribution < -0.4 is 5.32 Å². The molecule has 0 spiro atoms. The van der Waals surface area contributed by atoms with Crippen LogP contribution >= 0.6 is 15.9 Å². The largest absolute Gasteiger partial charge is 0.441 e. The fourth-order valence-electron chi connectivity index (χ4n) is 1.71. The van der Waals surface area contributed by atoms with Crippen molar-refractivity contribution in [3.8, 4) is 11.3 Å². The monoisotopic (exact) mass is 324 g/mol. The van der Waals surface area contributed by atoms with E-state index in [0.717, 1.165) is 41.2 Å². The van der Waals surface area contributed by atoms with Crippen LogP contribution in [-0.4, -0.2) is 31.8 Å². The summed E-state index contributed by atoms with van der Waals surface area (Å²) < 4.78 is 11.7. The first-order chi connectivity index (χ1) is 9.31. The molecular formula is C14H17BrN2O2. The van der Waals surface area contributed by atoms with E-state index in [2.05, 4.69) is 26.2 Å². The zero-order valence-electron chi connectivity index (χ0n) is 10.9. The summed E-state index contributed by atoms with van der Waals surface area (Å²) >= 11 is 3.51. The van der Waals surface area contributed by atoms with Gasteiger partial charge in [0.15, 0.2) is 11.7 Å². The van der Waals surface area contributed by atoms with Crippen LogP contribution in [0.15, 0.2) is 39.4 Å². The Labute approximate surface area is 121 Å². The summed E-state index contributed by atoms with van der Waals surface area (Å²) in [5.74, 6) is 1.54. The molecule has 0 unspecified atom stereocenters. The van der Waals surface area contributed by atoms with E-state index in [1.807, 2.05) is 24.3 Å². The number of nitrogens with zero attached hydrogens (tertiary/aromatic N) is 1. The van der Waals surface area contributed by atoms with Crippen molar-refractivity contribution in [3.63, 3.8) is 0 Å². The van der Waals surface area contributed by atoms with Crippen molar-refractivity contribution in [2.45, 2.75) is 6.42 Å². The van der Waals surface area contributed by atoms with Crippen LogP contribution in [0.1, 0.15) is 5.89 Å². The molecule has 0 saturated heterocycles. The molecular weight excluding hydrogens is 308 g/mol. The number of hydrogen-bond acceptors (Lipinski definition) is 4. The van der Waals surface area contributed by atoms with Crippen LogP contribution in [0.3, 0.4) is 0 Å². The van der Waals surface area contributed by atoms with Gasteiger partial charge in [0.1, 0.15) is 0 Å². The number of hydrogen-bond donors (Lipinski definition) is 1. The van der Waals surface area contributed by atoms with E-state index in [-0.39, 0.29) is 0 Å². The van der Waals surface area contributed by atoms with Gasteiger partial charge < -0.3 is 14.5 Å². The van der Waals surface area contributed by atoms with E-state index in [0.29, 0.717) is 6.61 Å². The lowest BCUT2D eigenvalue weighted by molar-refractivity contribution is 0.199. The van der Waals surface area contributed by atoms with E-state index in [1.165, 1.54) is 0 Å². The Kier molecular flexibility index (Phi) is 5.57. The normalized spacial score (nSPS) is 10.8. The van der Waals surface area contributed by atoms with Gasteiger partial charge in [-0.25, -0.2) is 4.98 Å². The second-order valence-electron chi connectivity index (χ2n) is 4.09. The molecule has 1 aromatic heterocycles. The number of benzene rings is 1. The second-order valence-corrected chi connectivity index (χ2v) is 4.95. The highest BCUT2D eigenvalue weighted by atomic mass is 79.9. The third-order valence-electron chi connectivity index (χ3n) is 2.69. The first kappa shape index (κ1) is 14.2. The summed E-state index contributed by atoms with van der Waals surface area (Å²) in [7, 11) is 1.69. The number of methoxy groups -OCH3 is 1. The van der Waals surface area contributed by atoms with Crippen molar-refractivity contribution in [1.82, 2.24) is 10.3 Å². The summed E-state index contributed by atoms with van der Waals surface area (Å²) in [5.41, 5.74) is 1.02. The zero-order chi connectivity index (χ0) is 13.5. The third-order valence-corrected chi connectivity index (χ3v) is 3.38. The molecule has 19 heavy (non-hydrogen) atoms. The smallest absolute Gasteiger partial charge is 0.196 e. The van der Waals surface area contributed by atoms with Crippen LogP contribution in [0.25, 0.3) is 11.3 Å². The lowest BCUT2D eigenvalue weighted by atomic mass is 10.2. The first-order valence-electron chi connectivity index (χ1n) is 6.20. The Bertz CT molecular complexity index is 514. The number of halogens is 1. The number of oxazole rings is 1. The Morgan fingerprint density at radius 3 is 2.95 bits per heavy atom. The van der Waals surface area contributed by atoms with Crippen LogP contribution in [0, 0.1) is 0 Å². The minimum atomic E-state index is 0.716. The molecule has 0 fully saturated rings. The minimum absolute atomic E-state index is 0.716. The zero-order valence-corrected chi connectivity index (χ0v) is 12.4. The SMILES string of the molecule is COCCNCCc1ncc(-c2ccccc2Br)o1. The van der Waals surface area contributed by atoms with Crippen molar-refractivity contribution < 1.29 is 9.15 Å². The Morgan fingerprint density at radius 1 is 1.32 bits per heavy atom. The minimum Gasteiger partial charge on any atom is -0.441 e. The maximum absolute atomic E-state index is 5.74. The third kappa shape index (κ3) is 4.16. The average molecular weight is 325 g/mol. The van der Waals surface area contributed by atoms with Crippen LogP contribution in [0.2, 0.25) is 0 Å². The van der Waals surface area contributed by atoms with Crippen LogP contribution in [0.4, 0.5) is 0 Å². The van der Waals surface area contributed by atoms with Gasteiger partial charge in [-0.3, -0.25) is 0 Å². The predicted octanol–water partition coefficient (Wildman–Crippen LogP) is 2.88. The molecule has 1 heterocycles. The molecule has 2 aromatic rings. The standard InChI is InChI=1S/C14H17BrN2O2/c1-18-9-8-16-7-6-14-17-10-13(19-14)11-4-2-3-5-12(11)15/h2-5,10,16H,6-9H2,1H3. The van der Waals surface area contributed by atoms with Gasteiger partial charge in [-0.1, -0.05) is 34.1 Å². The van der Waals surface area contributed by atoms with E-state index >= 15 is 0 Å². The van der Waals surface area contributed by atoms with E-state index in [4.69, 9.17) is 9.15 Å². The number of ether oxygens (including phenoxy) is 1. The Hall–Kier alpha value is -1.17. The molecule has 4 nitrogen and oxygen atoms in total. The van der Waals surface area contributed by atoms with Gasteiger partial charge in [-0.15, -0.1) is 0 Å². The Morgan fingerprint density at radius 2 is 2.16 bits per heavy atom. The maximum Gasteiger partial charge on any atom is 0.196 e. The van der Waals surface area contributed by atoms with Crippen molar-refractivity contribution in [3.05, 3.63) is 40.8 Å². The summed E-state index contributed by atoms with van der Waals surface area (Å²) in [6.45, 7) is 2.39. The van der Waals surface area contributed by atoms with Gasteiger partial charge in [0.2, 0.25) is 0 Å². The quantitative estimate of drug-likeness (QED) is 0.795. The molecule has 1 aromatic carbocycles. The number of rotatable bonds is 7.